The van der Waals surface area contributed by atoms with Gasteiger partial charge in [-0.3, -0.25) is 0 Å². The molecule has 0 bridgehead atoms. The fraction of sp³-hybridized carbons (Fsp3) is 0.167. The van der Waals surface area contributed by atoms with Crippen LogP contribution < -0.4 is 5.73 Å². The minimum Gasteiger partial charge on any atom is -0.465 e. The number of nitrogens with zero attached hydrogens (tertiary/aromatic N) is 3. The number of esters is 2. The summed E-state index contributed by atoms with van der Waals surface area (Å²) >= 11 is 0. The number of anilines is 1. The number of nitrogen functional groups attached to an aromatic ring is 1. The van der Waals surface area contributed by atoms with Crippen LogP contribution >= 0.6 is 0 Å². The summed E-state index contributed by atoms with van der Waals surface area (Å²) in [7, 11) is 2.51. The lowest BCUT2D eigenvalue weighted by atomic mass is 10.2. The van der Waals surface area contributed by atoms with Gasteiger partial charge in [-0.2, -0.15) is 0 Å². The largest absolute Gasteiger partial charge is 0.465 e. The molecule has 0 spiro atoms. The molecule has 0 amide bonds. The van der Waals surface area contributed by atoms with Crippen LogP contribution in [-0.2, 0) is 9.47 Å². The third-order valence-electron chi connectivity index (χ3n) is 2.56. The van der Waals surface area contributed by atoms with Crippen LogP contribution in [0.15, 0.2) is 24.5 Å². The molecule has 0 aliphatic carbocycles. The van der Waals surface area contributed by atoms with Gasteiger partial charge in [-0.05, 0) is 18.2 Å². The number of carbonyl (C=O) groups is 2. The first-order chi connectivity index (χ1) is 9.56. The molecule has 0 radical (unpaired) electrons. The second-order valence-corrected chi connectivity index (χ2v) is 3.77. The molecular weight excluding hydrogens is 264 g/mol. The number of aromatic nitrogens is 3. The van der Waals surface area contributed by atoms with Gasteiger partial charge in [0.05, 0.1) is 31.2 Å². The van der Waals surface area contributed by atoms with E-state index in [0.29, 0.717) is 16.9 Å². The highest BCUT2D eigenvalue weighted by Gasteiger charge is 2.15. The molecule has 8 nitrogen and oxygen atoms in total. The maximum atomic E-state index is 11.5. The van der Waals surface area contributed by atoms with E-state index in [4.69, 9.17) is 5.73 Å². The van der Waals surface area contributed by atoms with Gasteiger partial charge in [0.25, 0.3) is 5.82 Å². The van der Waals surface area contributed by atoms with Crippen molar-refractivity contribution in [2.24, 2.45) is 0 Å². The molecular formula is C12H12N4O4. The summed E-state index contributed by atoms with van der Waals surface area (Å²) in [6, 6.07) is 4.57. The van der Waals surface area contributed by atoms with Crippen molar-refractivity contribution in [1.82, 2.24) is 14.8 Å². The van der Waals surface area contributed by atoms with Crippen LogP contribution in [-0.4, -0.2) is 40.9 Å². The average Bonchev–Trinajstić information content (AvgIpc) is 2.95. The Hall–Kier alpha value is -2.90. The molecule has 0 atom stereocenters. The van der Waals surface area contributed by atoms with Crippen molar-refractivity contribution in [2.75, 3.05) is 20.0 Å². The van der Waals surface area contributed by atoms with Gasteiger partial charge in [-0.1, -0.05) is 0 Å². The third kappa shape index (κ3) is 2.44. The number of carbonyl (C=O) groups excluding carboxylic acids is 2. The van der Waals surface area contributed by atoms with Gasteiger partial charge in [-0.25, -0.2) is 19.3 Å². The molecule has 20 heavy (non-hydrogen) atoms. The zero-order valence-electron chi connectivity index (χ0n) is 10.9. The maximum Gasteiger partial charge on any atom is 0.377 e. The molecule has 0 aliphatic heterocycles. The first-order valence-electron chi connectivity index (χ1n) is 5.55. The number of hydrogen-bond acceptors (Lipinski definition) is 7. The summed E-state index contributed by atoms with van der Waals surface area (Å²) in [5, 5.41) is 3.94. The van der Waals surface area contributed by atoms with Crippen LogP contribution in [0.25, 0.3) is 5.69 Å². The Balaban J connectivity index is 2.44. The second kappa shape index (κ2) is 5.39. The minimum atomic E-state index is -0.661. The molecule has 0 aliphatic rings. The number of ether oxygens (including phenoxy) is 2. The van der Waals surface area contributed by atoms with E-state index in [1.165, 1.54) is 37.4 Å². The van der Waals surface area contributed by atoms with Crippen LogP contribution in [0.1, 0.15) is 21.0 Å². The van der Waals surface area contributed by atoms with Crippen molar-refractivity contribution in [3.63, 3.8) is 0 Å². The average molecular weight is 276 g/mol. The summed E-state index contributed by atoms with van der Waals surface area (Å²) in [4.78, 5) is 26.6. The van der Waals surface area contributed by atoms with Crippen molar-refractivity contribution in [3.8, 4) is 5.69 Å². The SMILES string of the molecule is COC(=O)c1ccc(N)c(-n2cnc(C(=O)OC)n2)c1. The van der Waals surface area contributed by atoms with Crippen LogP contribution in [0.4, 0.5) is 5.69 Å². The van der Waals surface area contributed by atoms with E-state index in [1.807, 2.05) is 0 Å². The third-order valence-corrected chi connectivity index (χ3v) is 2.56. The molecule has 2 rings (SSSR count). The molecule has 0 saturated heterocycles. The molecule has 104 valence electrons. The zero-order chi connectivity index (χ0) is 14.7. The second-order valence-electron chi connectivity index (χ2n) is 3.77. The molecule has 1 aromatic carbocycles. The van der Waals surface area contributed by atoms with Gasteiger partial charge in [0.1, 0.15) is 6.33 Å². The lowest BCUT2D eigenvalue weighted by molar-refractivity contribution is 0.0582. The smallest absolute Gasteiger partial charge is 0.377 e. The first-order valence-corrected chi connectivity index (χ1v) is 5.55. The van der Waals surface area contributed by atoms with Gasteiger partial charge in [0.15, 0.2) is 0 Å². The van der Waals surface area contributed by atoms with E-state index in [9.17, 15) is 9.59 Å². The fourth-order valence-corrected chi connectivity index (χ4v) is 1.55. The van der Waals surface area contributed by atoms with Crippen LogP contribution in [0, 0.1) is 0 Å². The Bertz CT molecular complexity index is 665. The monoisotopic (exact) mass is 276 g/mol. The van der Waals surface area contributed by atoms with E-state index in [2.05, 4.69) is 19.6 Å². The fourth-order valence-electron chi connectivity index (χ4n) is 1.55. The van der Waals surface area contributed by atoms with Gasteiger partial charge in [0.2, 0.25) is 0 Å². The highest BCUT2D eigenvalue weighted by Crippen LogP contribution is 2.18. The standard InChI is InChI=1S/C12H12N4O4/c1-19-11(17)7-3-4-8(13)9(5-7)16-6-14-10(15-16)12(18)20-2/h3-6H,13H2,1-2H3. The quantitative estimate of drug-likeness (QED) is 0.639. The molecule has 1 aromatic heterocycles. The van der Waals surface area contributed by atoms with Crippen LogP contribution in [0.5, 0.6) is 0 Å². The van der Waals surface area contributed by atoms with E-state index in [-0.39, 0.29) is 5.82 Å². The van der Waals surface area contributed by atoms with Crippen molar-refractivity contribution in [2.45, 2.75) is 0 Å². The predicted octanol–water partition coefficient (Wildman–Crippen LogP) is 0.423. The Morgan fingerprint density at radius 1 is 1.20 bits per heavy atom. The Morgan fingerprint density at radius 2 is 1.90 bits per heavy atom. The van der Waals surface area contributed by atoms with E-state index >= 15 is 0 Å². The highest BCUT2D eigenvalue weighted by molar-refractivity contribution is 5.91. The minimum absolute atomic E-state index is 0.102. The van der Waals surface area contributed by atoms with Crippen LogP contribution in [0.3, 0.4) is 0 Å². The molecule has 0 saturated carbocycles. The summed E-state index contributed by atoms with van der Waals surface area (Å²) < 4.78 is 10.4. The van der Waals surface area contributed by atoms with Crippen LogP contribution in [0.2, 0.25) is 0 Å². The summed E-state index contributed by atoms with van der Waals surface area (Å²) in [6.07, 6.45) is 1.30. The first kappa shape index (κ1) is 13.5. The van der Waals surface area contributed by atoms with Gasteiger partial charge >= 0.3 is 11.9 Å². The zero-order valence-corrected chi connectivity index (χ0v) is 10.9. The van der Waals surface area contributed by atoms with E-state index in [0.717, 1.165) is 0 Å². The van der Waals surface area contributed by atoms with Crippen molar-refractivity contribution in [1.29, 1.82) is 0 Å². The molecule has 2 N–H and O–H groups in total. The number of hydrogen-bond donors (Lipinski definition) is 1. The molecule has 0 unspecified atom stereocenters. The van der Waals surface area contributed by atoms with Crippen molar-refractivity contribution < 1.29 is 19.1 Å². The summed E-state index contributed by atoms with van der Waals surface area (Å²) in [6.45, 7) is 0. The number of nitrogens with two attached hydrogens (primary N) is 1. The number of rotatable bonds is 3. The lowest BCUT2D eigenvalue weighted by Crippen LogP contribution is -2.08. The van der Waals surface area contributed by atoms with E-state index < -0.39 is 11.9 Å². The number of methoxy groups -OCH3 is 2. The summed E-state index contributed by atoms with van der Waals surface area (Å²) in [5.74, 6) is -1.26. The van der Waals surface area contributed by atoms with Crippen molar-refractivity contribution in [3.05, 3.63) is 35.9 Å². The van der Waals surface area contributed by atoms with Crippen molar-refractivity contribution >= 4 is 17.6 Å². The van der Waals surface area contributed by atoms with Gasteiger partial charge in [0, 0.05) is 0 Å². The molecule has 2 aromatic rings. The molecule has 1 heterocycles. The molecule has 8 heteroatoms. The summed E-state index contributed by atoms with van der Waals surface area (Å²) in [5.41, 5.74) is 6.92. The predicted molar refractivity (Wildman–Crippen MR) is 68.5 cm³/mol. The molecule has 0 fully saturated rings. The van der Waals surface area contributed by atoms with Gasteiger partial charge < -0.3 is 15.2 Å². The Labute approximate surface area is 114 Å². The highest BCUT2D eigenvalue weighted by atomic mass is 16.5. The topological polar surface area (TPSA) is 109 Å². The number of benzene rings is 1. The van der Waals surface area contributed by atoms with E-state index in [1.54, 1.807) is 6.07 Å². The maximum absolute atomic E-state index is 11.5. The lowest BCUT2D eigenvalue weighted by Gasteiger charge is -2.07. The normalized spacial score (nSPS) is 10.1. The van der Waals surface area contributed by atoms with Gasteiger partial charge in [-0.15, -0.1) is 5.10 Å². The Morgan fingerprint density at radius 3 is 2.55 bits per heavy atom. The Kier molecular flexibility index (Phi) is 3.65.